The van der Waals surface area contributed by atoms with Gasteiger partial charge in [-0.3, -0.25) is 0 Å². The van der Waals surface area contributed by atoms with Crippen molar-refractivity contribution < 1.29 is 37.6 Å². The summed E-state index contributed by atoms with van der Waals surface area (Å²) in [6.45, 7) is 0.837. The van der Waals surface area contributed by atoms with Crippen LogP contribution < -0.4 is 5.32 Å². The standard InChI is InChI=1S/C19H26F3N5O5/c20-19(21,22)12-6-5-7-13(25-12)26-14-15(28)16(29)18(11-31-17(14)32-18)10-30-9-4-2-1-3-8-24-27-23/h5-7,14-17,28-29H,1-4,8-11H2,(H,25,26)/t14-,15-,16-,17+,18+/m1/s1. The molecule has 3 heterocycles. The fourth-order valence-corrected chi connectivity index (χ4v) is 3.71. The largest absolute Gasteiger partial charge is 0.433 e. The smallest absolute Gasteiger partial charge is 0.388 e. The average Bonchev–Trinajstić information content (AvgIpc) is 3.16. The number of aromatic nitrogens is 1. The van der Waals surface area contributed by atoms with Crippen molar-refractivity contribution in [1.29, 1.82) is 0 Å². The third-order valence-corrected chi connectivity index (χ3v) is 5.43. The molecule has 0 amide bonds. The maximum atomic E-state index is 12.9. The molecule has 0 aromatic carbocycles. The van der Waals surface area contributed by atoms with Crippen molar-refractivity contribution in [3.8, 4) is 0 Å². The maximum Gasteiger partial charge on any atom is 0.433 e. The third-order valence-electron chi connectivity index (χ3n) is 5.43. The van der Waals surface area contributed by atoms with Crippen molar-refractivity contribution >= 4 is 5.82 Å². The van der Waals surface area contributed by atoms with E-state index in [1.165, 1.54) is 12.1 Å². The Kier molecular flexibility index (Phi) is 8.15. The van der Waals surface area contributed by atoms with E-state index >= 15 is 0 Å². The van der Waals surface area contributed by atoms with Crippen LogP contribution in [0.3, 0.4) is 0 Å². The first-order chi connectivity index (χ1) is 15.3. The Morgan fingerprint density at radius 1 is 1.28 bits per heavy atom. The topological polar surface area (TPSA) is 142 Å². The highest BCUT2D eigenvalue weighted by atomic mass is 19.4. The van der Waals surface area contributed by atoms with Gasteiger partial charge in [-0.2, -0.15) is 13.2 Å². The van der Waals surface area contributed by atoms with Crippen molar-refractivity contribution in [1.82, 2.24) is 4.98 Å². The minimum absolute atomic E-state index is 0.00498. The molecule has 1 aromatic rings. The van der Waals surface area contributed by atoms with Crippen LogP contribution in [-0.2, 0) is 20.4 Å². The predicted molar refractivity (Wildman–Crippen MR) is 106 cm³/mol. The van der Waals surface area contributed by atoms with Crippen LogP contribution in [-0.4, -0.2) is 71.7 Å². The van der Waals surface area contributed by atoms with Crippen LogP contribution in [0.1, 0.15) is 31.4 Å². The fourth-order valence-electron chi connectivity index (χ4n) is 3.71. The Bertz CT molecular complexity index is 810. The van der Waals surface area contributed by atoms with Gasteiger partial charge in [0, 0.05) is 18.1 Å². The Balaban J connectivity index is 1.50. The Morgan fingerprint density at radius 3 is 2.81 bits per heavy atom. The van der Waals surface area contributed by atoms with Crippen LogP contribution >= 0.6 is 0 Å². The number of fused-ring (bicyclic) bond motifs is 2. The van der Waals surface area contributed by atoms with E-state index in [9.17, 15) is 23.4 Å². The zero-order valence-corrected chi connectivity index (χ0v) is 17.2. The molecular weight excluding hydrogens is 435 g/mol. The number of rotatable bonds is 11. The van der Waals surface area contributed by atoms with Crippen molar-refractivity contribution in [3.05, 3.63) is 34.3 Å². The van der Waals surface area contributed by atoms with Crippen molar-refractivity contribution in [3.63, 3.8) is 0 Å². The second-order valence-corrected chi connectivity index (χ2v) is 7.79. The number of hydrogen-bond donors (Lipinski definition) is 3. The number of nitrogens with one attached hydrogen (secondary N) is 1. The lowest BCUT2D eigenvalue weighted by Gasteiger charge is -2.42. The molecule has 2 aliphatic rings. The lowest BCUT2D eigenvalue weighted by atomic mass is 9.88. The molecule has 0 aliphatic carbocycles. The molecule has 0 radical (unpaired) electrons. The van der Waals surface area contributed by atoms with Gasteiger partial charge in [0.25, 0.3) is 0 Å². The summed E-state index contributed by atoms with van der Waals surface area (Å²) in [5, 5.41) is 27.4. The van der Waals surface area contributed by atoms with Gasteiger partial charge in [-0.25, -0.2) is 4.98 Å². The van der Waals surface area contributed by atoms with Crippen LogP contribution in [0, 0.1) is 0 Å². The summed E-state index contributed by atoms with van der Waals surface area (Å²) in [4.78, 5) is 6.20. The number of anilines is 1. The van der Waals surface area contributed by atoms with E-state index < -0.39 is 42.0 Å². The molecule has 2 aliphatic heterocycles. The molecule has 5 atom stereocenters. The van der Waals surface area contributed by atoms with Gasteiger partial charge in [0.1, 0.15) is 35.4 Å². The Morgan fingerprint density at radius 2 is 2.06 bits per heavy atom. The fraction of sp³-hybridized carbons (Fsp3) is 0.737. The second-order valence-electron chi connectivity index (χ2n) is 7.79. The van der Waals surface area contributed by atoms with Gasteiger partial charge < -0.3 is 29.7 Å². The number of pyridine rings is 1. The quantitative estimate of drug-likeness (QED) is 0.199. The minimum Gasteiger partial charge on any atom is -0.388 e. The van der Waals surface area contributed by atoms with Gasteiger partial charge in [-0.1, -0.05) is 24.0 Å². The molecule has 2 fully saturated rings. The summed E-state index contributed by atoms with van der Waals surface area (Å²) in [5.74, 6) is -0.126. The lowest BCUT2D eigenvalue weighted by Crippen LogP contribution is -2.64. The number of alkyl halides is 3. The number of aliphatic hydroxyl groups excluding tert-OH is 2. The van der Waals surface area contributed by atoms with Crippen molar-refractivity contribution in [2.45, 2.75) is 62.0 Å². The van der Waals surface area contributed by atoms with Crippen LogP contribution in [0.15, 0.2) is 23.3 Å². The second kappa shape index (κ2) is 10.6. The molecule has 3 N–H and O–H groups in total. The van der Waals surface area contributed by atoms with Gasteiger partial charge in [0.05, 0.1) is 13.2 Å². The molecule has 0 spiro atoms. The number of azide groups is 1. The van der Waals surface area contributed by atoms with Gasteiger partial charge in [-0.05, 0) is 30.5 Å². The molecule has 2 bridgehead atoms. The predicted octanol–water partition coefficient (Wildman–Crippen LogP) is 2.62. The molecule has 2 saturated heterocycles. The number of halogens is 3. The average molecular weight is 461 g/mol. The molecule has 10 nitrogen and oxygen atoms in total. The SMILES string of the molecule is [N-]=[N+]=NCCCCCCOC[C@@]12CO[C@@H](O1)[C@H](Nc1cccc(C(F)(F)F)n1)[C@@H](O)[C@H]2O. The normalized spacial score (nSPS) is 29.5. The summed E-state index contributed by atoms with van der Waals surface area (Å²) in [5.41, 5.74) is 5.87. The molecule has 1 aromatic heterocycles. The van der Waals surface area contributed by atoms with Gasteiger partial charge in [0.2, 0.25) is 0 Å². The lowest BCUT2D eigenvalue weighted by molar-refractivity contribution is -0.229. The molecule has 13 heteroatoms. The molecule has 0 unspecified atom stereocenters. The van der Waals surface area contributed by atoms with E-state index in [4.69, 9.17) is 19.7 Å². The van der Waals surface area contributed by atoms with Crippen LogP contribution in [0.2, 0.25) is 0 Å². The van der Waals surface area contributed by atoms with E-state index in [-0.39, 0.29) is 19.0 Å². The third kappa shape index (κ3) is 5.80. The monoisotopic (exact) mass is 461 g/mol. The minimum atomic E-state index is -4.61. The molecule has 0 saturated carbocycles. The summed E-state index contributed by atoms with van der Waals surface area (Å²) in [7, 11) is 0. The van der Waals surface area contributed by atoms with Gasteiger partial charge in [-0.15, -0.1) is 0 Å². The highest BCUT2D eigenvalue weighted by Gasteiger charge is 2.59. The van der Waals surface area contributed by atoms with E-state index in [2.05, 4.69) is 20.3 Å². The molecular formula is C19H26F3N5O5. The van der Waals surface area contributed by atoms with E-state index in [0.29, 0.717) is 13.2 Å². The first-order valence-electron chi connectivity index (χ1n) is 10.3. The number of hydrogen-bond acceptors (Lipinski definition) is 8. The van der Waals surface area contributed by atoms with Crippen LogP contribution in [0.5, 0.6) is 0 Å². The summed E-state index contributed by atoms with van der Waals surface area (Å²) in [6, 6.07) is 2.33. The number of unbranched alkanes of at least 4 members (excludes halogenated alkanes) is 3. The summed E-state index contributed by atoms with van der Waals surface area (Å²) in [6.07, 6.45) is -5.02. The Hall–Kier alpha value is -2.15. The molecule has 3 rings (SSSR count). The van der Waals surface area contributed by atoms with E-state index in [1.807, 2.05) is 0 Å². The summed E-state index contributed by atoms with van der Waals surface area (Å²) >= 11 is 0. The molecule has 178 valence electrons. The maximum absolute atomic E-state index is 12.9. The van der Waals surface area contributed by atoms with Crippen LogP contribution in [0.25, 0.3) is 10.4 Å². The van der Waals surface area contributed by atoms with Gasteiger partial charge in [0.15, 0.2) is 6.29 Å². The van der Waals surface area contributed by atoms with Crippen molar-refractivity contribution in [2.75, 3.05) is 31.7 Å². The zero-order valence-electron chi connectivity index (χ0n) is 17.2. The summed E-state index contributed by atoms with van der Waals surface area (Å²) < 4.78 is 55.7. The highest BCUT2D eigenvalue weighted by molar-refractivity contribution is 5.38. The number of aliphatic hydroxyl groups is 2. The first-order valence-corrected chi connectivity index (χ1v) is 10.3. The first kappa shape index (κ1) is 24.5. The number of nitrogens with zero attached hydrogens (tertiary/aromatic N) is 4. The van der Waals surface area contributed by atoms with E-state index in [0.717, 1.165) is 31.7 Å². The zero-order chi connectivity index (χ0) is 23.2. The van der Waals surface area contributed by atoms with Crippen LogP contribution in [0.4, 0.5) is 19.0 Å². The van der Waals surface area contributed by atoms with Crippen molar-refractivity contribution in [2.24, 2.45) is 5.11 Å². The Labute approximate surface area is 182 Å². The van der Waals surface area contributed by atoms with Gasteiger partial charge >= 0.3 is 6.18 Å². The van der Waals surface area contributed by atoms with E-state index in [1.54, 1.807) is 0 Å². The number of ether oxygens (including phenoxy) is 3. The molecule has 32 heavy (non-hydrogen) atoms. The highest BCUT2D eigenvalue weighted by Crippen LogP contribution is 2.38.